The Hall–Kier alpha value is -1.02. The minimum atomic E-state index is -1.05. The van der Waals surface area contributed by atoms with Crippen LogP contribution in [-0.4, -0.2) is 39.8 Å². The van der Waals surface area contributed by atoms with Crippen molar-refractivity contribution >= 4 is 45.6 Å². The molecule has 0 bridgehead atoms. The summed E-state index contributed by atoms with van der Waals surface area (Å²) in [5.41, 5.74) is 0. The molecule has 1 amide bonds. The third-order valence-electron chi connectivity index (χ3n) is 1.65. The Bertz CT molecular complexity index is 342. The van der Waals surface area contributed by atoms with E-state index >= 15 is 0 Å². The number of methoxy groups -OCH3 is 1. The molecular formula is C10H15NO5S2. The van der Waals surface area contributed by atoms with Crippen LogP contribution in [0, 0.1) is 0 Å². The number of hydrogen-bond donors (Lipinski definition) is 1. The van der Waals surface area contributed by atoms with Gasteiger partial charge in [-0.05, 0) is 0 Å². The van der Waals surface area contributed by atoms with Crippen LogP contribution in [-0.2, 0) is 23.9 Å². The maximum atomic E-state index is 11.6. The number of nitrogens with one attached hydrogen (secondary N) is 1. The fourth-order valence-corrected chi connectivity index (χ4v) is 3.36. The van der Waals surface area contributed by atoms with E-state index in [1.807, 2.05) is 0 Å². The number of hydrogen-bond acceptors (Lipinski definition) is 7. The highest BCUT2D eigenvalue weighted by molar-refractivity contribution is 8.29. The number of thioether (sulfide) groups is 2. The van der Waals surface area contributed by atoms with E-state index in [2.05, 4.69) is 10.1 Å². The lowest BCUT2D eigenvalue weighted by Crippen LogP contribution is -2.46. The van der Waals surface area contributed by atoms with Crippen LogP contribution >= 0.6 is 23.5 Å². The van der Waals surface area contributed by atoms with Crippen LogP contribution < -0.4 is 5.32 Å². The highest BCUT2D eigenvalue weighted by Gasteiger charge is 2.33. The summed E-state index contributed by atoms with van der Waals surface area (Å²) in [6.45, 7) is 3.88. The minimum absolute atomic E-state index is 0.256. The van der Waals surface area contributed by atoms with E-state index in [4.69, 9.17) is 0 Å². The van der Waals surface area contributed by atoms with Gasteiger partial charge >= 0.3 is 5.97 Å². The maximum Gasteiger partial charge on any atom is 0.330 e. The van der Waals surface area contributed by atoms with Gasteiger partial charge in [-0.1, -0.05) is 23.5 Å². The molecule has 8 heteroatoms. The molecule has 0 rings (SSSR count). The van der Waals surface area contributed by atoms with Crippen LogP contribution in [0.1, 0.15) is 20.8 Å². The fourth-order valence-electron chi connectivity index (χ4n) is 1.07. The van der Waals surface area contributed by atoms with Crippen molar-refractivity contribution in [1.29, 1.82) is 0 Å². The third kappa shape index (κ3) is 6.65. The first-order valence-corrected chi connectivity index (χ1v) is 6.73. The molecule has 1 unspecified atom stereocenters. The average Bonchev–Trinajstić information content (AvgIpc) is 2.22. The first kappa shape index (κ1) is 17.0. The first-order chi connectivity index (χ1) is 8.27. The Morgan fingerprint density at radius 3 is 1.72 bits per heavy atom. The van der Waals surface area contributed by atoms with Crippen molar-refractivity contribution in [3.8, 4) is 0 Å². The minimum Gasteiger partial charge on any atom is -0.467 e. The van der Waals surface area contributed by atoms with Crippen molar-refractivity contribution in [2.45, 2.75) is 31.4 Å². The summed E-state index contributed by atoms with van der Waals surface area (Å²) in [4.78, 5) is 44.8. The lowest BCUT2D eigenvalue weighted by molar-refractivity contribution is -0.144. The number of carbonyl (C=O) groups is 4. The average molecular weight is 293 g/mol. The van der Waals surface area contributed by atoms with Gasteiger partial charge in [0.15, 0.2) is 10.2 Å². The zero-order valence-corrected chi connectivity index (χ0v) is 12.1. The van der Waals surface area contributed by atoms with E-state index in [1.165, 1.54) is 27.9 Å². The van der Waals surface area contributed by atoms with Gasteiger partial charge in [-0.2, -0.15) is 0 Å². The molecule has 6 nitrogen and oxygen atoms in total. The molecule has 0 aliphatic carbocycles. The van der Waals surface area contributed by atoms with E-state index in [0.29, 0.717) is 0 Å². The van der Waals surface area contributed by atoms with E-state index in [-0.39, 0.29) is 10.2 Å². The lowest BCUT2D eigenvalue weighted by atomic mass is 10.3. The summed E-state index contributed by atoms with van der Waals surface area (Å²) in [6, 6.07) is -1.05. The first-order valence-electron chi connectivity index (χ1n) is 4.97. The van der Waals surface area contributed by atoms with Crippen molar-refractivity contribution in [3.63, 3.8) is 0 Å². The number of esters is 1. The van der Waals surface area contributed by atoms with Gasteiger partial charge in [0.1, 0.15) is 6.04 Å². The Kier molecular flexibility index (Phi) is 7.69. The summed E-state index contributed by atoms with van der Waals surface area (Å²) in [7, 11) is 1.17. The van der Waals surface area contributed by atoms with E-state index in [1.54, 1.807) is 0 Å². The molecule has 18 heavy (non-hydrogen) atoms. The third-order valence-corrected chi connectivity index (χ3v) is 3.90. The molecule has 0 aromatic carbocycles. The number of rotatable bonds is 5. The summed E-state index contributed by atoms with van der Waals surface area (Å²) >= 11 is 1.62. The molecule has 0 aromatic rings. The smallest absolute Gasteiger partial charge is 0.330 e. The van der Waals surface area contributed by atoms with Gasteiger partial charge in [-0.3, -0.25) is 14.4 Å². The SMILES string of the molecule is COC(=O)C(NC(C)=O)C(SC(C)=O)SC(C)=O. The summed E-state index contributed by atoms with van der Waals surface area (Å²) in [6.07, 6.45) is 0. The summed E-state index contributed by atoms with van der Waals surface area (Å²) < 4.78 is 3.81. The predicted molar refractivity (Wildman–Crippen MR) is 70.0 cm³/mol. The largest absolute Gasteiger partial charge is 0.467 e. The Morgan fingerprint density at radius 2 is 1.44 bits per heavy atom. The second kappa shape index (κ2) is 8.15. The quantitative estimate of drug-likeness (QED) is 0.585. The van der Waals surface area contributed by atoms with Gasteiger partial charge in [0.25, 0.3) is 0 Å². The van der Waals surface area contributed by atoms with Crippen molar-refractivity contribution in [3.05, 3.63) is 0 Å². The van der Waals surface area contributed by atoms with E-state index in [9.17, 15) is 19.2 Å². The molecule has 0 aromatic heterocycles. The zero-order chi connectivity index (χ0) is 14.3. The predicted octanol–water partition coefficient (Wildman–Crippen LogP) is 0.550. The molecular weight excluding hydrogens is 278 g/mol. The second-order valence-corrected chi connectivity index (χ2v) is 6.22. The maximum absolute atomic E-state index is 11.6. The monoisotopic (exact) mass is 293 g/mol. The van der Waals surface area contributed by atoms with Crippen LogP contribution in [0.4, 0.5) is 0 Å². The van der Waals surface area contributed by atoms with Gasteiger partial charge in [0.2, 0.25) is 5.91 Å². The van der Waals surface area contributed by atoms with Crippen molar-refractivity contribution in [2.24, 2.45) is 0 Å². The van der Waals surface area contributed by atoms with Crippen LogP contribution in [0.25, 0.3) is 0 Å². The molecule has 0 aliphatic rings. The fraction of sp³-hybridized carbons (Fsp3) is 0.600. The molecule has 0 saturated carbocycles. The molecule has 0 spiro atoms. The number of carbonyl (C=O) groups excluding carboxylic acids is 4. The van der Waals surface area contributed by atoms with Gasteiger partial charge in [0, 0.05) is 20.8 Å². The van der Waals surface area contributed by atoms with Crippen LogP contribution in [0.5, 0.6) is 0 Å². The van der Waals surface area contributed by atoms with E-state index in [0.717, 1.165) is 23.5 Å². The van der Waals surface area contributed by atoms with Gasteiger partial charge in [-0.15, -0.1) is 0 Å². The lowest BCUT2D eigenvalue weighted by Gasteiger charge is -2.22. The topological polar surface area (TPSA) is 89.5 Å². The summed E-state index contributed by atoms with van der Waals surface area (Å²) in [5, 5.41) is 1.87. The van der Waals surface area contributed by atoms with Gasteiger partial charge < -0.3 is 10.1 Å². The normalized spacial score (nSPS) is 11.8. The Balaban J connectivity index is 5.03. The molecule has 0 fully saturated rings. The van der Waals surface area contributed by atoms with Crippen molar-refractivity contribution < 1.29 is 23.9 Å². The molecule has 0 radical (unpaired) electrons. The zero-order valence-electron chi connectivity index (χ0n) is 10.5. The van der Waals surface area contributed by atoms with Crippen molar-refractivity contribution in [1.82, 2.24) is 5.32 Å². The molecule has 0 aliphatic heterocycles. The molecule has 1 atom stereocenters. The standard InChI is InChI=1S/C10H15NO5S2/c1-5(12)11-8(9(15)16-4)10(17-6(2)13)18-7(3)14/h8,10H,1-4H3,(H,11,12). The van der Waals surface area contributed by atoms with Gasteiger partial charge in [0.05, 0.1) is 11.7 Å². The highest BCUT2D eigenvalue weighted by Crippen LogP contribution is 2.28. The van der Waals surface area contributed by atoms with Crippen LogP contribution in [0.3, 0.4) is 0 Å². The van der Waals surface area contributed by atoms with Crippen molar-refractivity contribution in [2.75, 3.05) is 7.11 Å². The Morgan fingerprint density at radius 1 is 1.00 bits per heavy atom. The highest BCUT2D eigenvalue weighted by atomic mass is 32.2. The number of ether oxygens (including phenoxy) is 1. The molecule has 0 heterocycles. The number of amides is 1. The Labute approximate surface area is 114 Å². The molecule has 0 saturated heterocycles. The van der Waals surface area contributed by atoms with E-state index < -0.39 is 22.5 Å². The summed E-state index contributed by atoms with van der Waals surface area (Å²) in [5.74, 6) is -1.14. The second-order valence-electron chi connectivity index (χ2n) is 3.29. The molecule has 1 N–H and O–H groups in total. The van der Waals surface area contributed by atoms with Gasteiger partial charge in [-0.25, -0.2) is 4.79 Å². The van der Waals surface area contributed by atoms with Crippen LogP contribution in [0.15, 0.2) is 0 Å². The van der Waals surface area contributed by atoms with Crippen LogP contribution in [0.2, 0.25) is 0 Å². The molecule has 102 valence electrons.